The molecule has 19 heavy (non-hydrogen) atoms. The fourth-order valence-electron chi connectivity index (χ4n) is 1.60. The van der Waals surface area contributed by atoms with Crippen molar-refractivity contribution >= 4 is 28.9 Å². The lowest BCUT2D eigenvalue weighted by atomic mass is 10.1. The van der Waals surface area contributed by atoms with Crippen LogP contribution in [0.2, 0.25) is 0 Å². The Labute approximate surface area is 120 Å². The van der Waals surface area contributed by atoms with Crippen LogP contribution in [0.25, 0.3) is 0 Å². The average molecular weight is 294 g/mol. The van der Waals surface area contributed by atoms with Gasteiger partial charge in [-0.25, -0.2) is 0 Å². The first-order chi connectivity index (χ1) is 9.10. The largest absolute Gasteiger partial charge is 0.496 e. The molecule has 0 amide bonds. The summed E-state index contributed by atoms with van der Waals surface area (Å²) in [5, 5.41) is 8.82. The molecule has 0 aliphatic rings. The van der Waals surface area contributed by atoms with Gasteiger partial charge in [0, 0.05) is 5.56 Å². The lowest BCUT2D eigenvalue weighted by Gasteiger charge is -2.06. The Hall–Kier alpha value is -1.40. The second kappa shape index (κ2) is 6.16. The molecule has 0 radical (unpaired) electrons. The van der Waals surface area contributed by atoms with Crippen LogP contribution in [0.5, 0.6) is 5.75 Å². The molecule has 1 heterocycles. The second-order valence-corrected chi connectivity index (χ2v) is 6.39. The Morgan fingerprint density at radius 2 is 2.16 bits per heavy atom. The highest BCUT2D eigenvalue weighted by molar-refractivity contribution is 8.01. The SMILES string of the molecule is COc1ccc(C(=O)CSc2nnc(C)s2)cc1C. The Morgan fingerprint density at radius 3 is 2.74 bits per heavy atom. The first kappa shape index (κ1) is 14.0. The molecule has 0 saturated heterocycles. The fraction of sp³-hybridized carbons (Fsp3) is 0.308. The molecular formula is C13H14N2O2S2. The minimum Gasteiger partial charge on any atom is -0.496 e. The molecule has 0 saturated carbocycles. The van der Waals surface area contributed by atoms with Crippen LogP contribution < -0.4 is 4.74 Å². The third-order valence-electron chi connectivity index (χ3n) is 2.55. The maximum atomic E-state index is 12.1. The minimum atomic E-state index is 0.0867. The summed E-state index contributed by atoms with van der Waals surface area (Å²) in [6.07, 6.45) is 0. The van der Waals surface area contributed by atoms with E-state index in [0.717, 1.165) is 20.7 Å². The Morgan fingerprint density at radius 1 is 1.37 bits per heavy atom. The van der Waals surface area contributed by atoms with Crippen LogP contribution in [0, 0.1) is 13.8 Å². The summed E-state index contributed by atoms with van der Waals surface area (Å²) < 4.78 is 6.01. The molecule has 1 aromatic heterocycles. The number of ether oxygens (including phenoxy) is 1. The number of thioether (sulfide) groups is 1. The van der Waals surface area contributed by atoms with E-state index in [2.05, 4.69) is 10.2 Å². The van der Waals surface area contributed by atoms with Crippen LogP contribution in [0.1, 0.15) is 20.9 Å². The van der Waals surface area contributed by atoms with Gasteiger partial charge < -0.3 is 4.74 Å². The number of Topliss-reactive ketones (excluding diaryl/α,β-unsaturated/α-hetero) is 1. The van der Waals surface area contributed by atoms with Crippen LogP contribution >= 0.6 is 23.1 Å². The summed E-state index contributed by atoms with van der Waals surface area (Å²) in [4.78, 5) is 12.1. The highest BCUT2D eigenvalue weighted by atomic mass is 32.2. The standard InChI is InChI=1S/C13H14N2O2S2/c1-8-6-10(4-5-12(8)17-3)11(16)7-18-13-15-14-9(2)19-13/h4-6H,7H2,1-3H3. The molecule has 0 aliphatic heterocycles. The van der Waals surface area contributed by atoms with Crippen LogP contribution in [0.15, 0.2) is 22.5 Å². The number of nitrogens with zero attached hydrogens (tertiary/aromatic N) is 2. The predicted octanol–water partition coefficient (Wildman–Crippen LogP) is 3.14. The summed E-state index contributed by atoms with van der Waals surface area (Å²) in [7, 11) is 1.62. The van der Waals surface area contributed by atoms with Crippen molar-refractivity contribution in [3.8, 4) is 5.75 Å². The van der Waals surface area contributed by atoms with Crippen molar-refractivity contribution in [2.45, 2.75) is 18.2 Å². The van der Waals surface area contributed by atoms with Gasteiger partial charge in [-0.05, 0) is 37.6 Å². The number of carbonyl (C=O) groups excluding carboxylic acids is 1. The fourth-order valence-corrected chi connectivity index (χ4v) is 3.31. The second-order valence-electron chi connectivity index (χ2n) is 3.98. The highest BCUT2D eigenvalue weighted by Gasteiger charge is 2.10. The lowest BCUT2D eigenvalue weighted by molar-refractivity contribution is 0.102. The number of methoxy groups -OCH3 is 1. The average Bonchev–Trinajstić information content (AvgIpc) is 2.81. The Balaban J connectivity index is 2.01. The van der Waals surface area contributed by atoms with Crippen molar-refractivity contribution in [2.75, 3.05) is 12.9 Å². The van der Waals surface area contributed by atoms with Gasteiger partial charge in [-0.15, -0.1) is 10.2 Å². The molecule has 1 aromatic carbocycles. The Kier molecular flexibility index (Phi) is 4.55. The van der Waals surface area contributed by atoms with Crippen LogP contribution in [0.4, 0.5) is 0 Å². The van der Waals surface area contributed by atoms with Crippen LogP contribution in [-0.4, -0.2) is 28.8 Å². The number of ketones is 1. The molecule has 100 valence electrons. The molecule has 6 heteroatoms. The first-order valence-corrected chi connectivity index (χ1v) is 7.51. The summed E-state index contributed by atoms with van der Waals surface area (Å²) in [6.45, 7) is 3.83. The van der Waals surface area contributed by atoms with Crippen molar-refractivity contribution in [3.63, 3.8) is 0 Å². The van der Waals surface area contributed by atoms with Gasteiger partial charge in [-0.2, -0.15) is 0 Å². The summed E-state index contributed by atoms with van der Waals surface area (Å²) in [5.74, 6) is 1.26. The molecule has 2 rings (SSSR count). The van der Waals surface area contributed by atoms with E-state index in [0.29, 0.717) is 11.3 Å². The maximum Gasteiger partial charge on any atom is 0.174 e. The molecule has 0 fully saturated rings. The molecule has 0 spiro atoms. The highest BCUT2D eigenvalue weighted by Crippen LogP contribution is 2.24. The quantitative estimate of drug-likeness (QED) is 0.626. The number of aryl methyl sites for hydroxylation is 2. The van der Waals surface area contributed by atoms with Gasteiger partial charge in [0.2, 0.25) is 0 Å². The van der Waals surface area contributed by atoms with E-state index >= 15 is 0 Å². The zero-order valence-corrected chi connectivity index (χ0v) is 12.6. The molecule has 0 bridgehead atoms. The van der Waals surface area contributed by atoms with Gasteiger partial charge in [0.05, 0.1) is 12.9 Å². The van der Waals surface area contributed by atoms with Gasteiger partial charge >= 0.3 is 0 Å². The molecule has 0 atom stereocenters. The molecule has 0 aliphatic carbocycles. The molecule has 4 nitrogen and oxygen atoms in total. The number of hydrogen-bond donors (Lipinski definition) is 0. The van der Waals surface area contributed by atoms with E-state index in [1.807, 2.05) is 26.0 Å². The van der Waals surface area contributed by atoms with Crippen molar-refractivity contribution in [1.29, 1.82) is 0 Å². The van der Waals surface area contributed by atoms with Gasteiger partial charge in [0.25, 0.3) is 0 Å². The van der Waals surface area contributed by atoms with Crippen molar-refractivity contribution in [1.82, 2.24) is 10.2 Å². The van der Waals surface area contributed by atoms with Gasteiger partial charge in [0.15, 0.2) is 10.1 Å². The zero-order chi connectivity index (χ0) is 13.8. The third-order valence-corrected chi connectivity index (χ3v) is 4.52. The third kappa shape index (κ3) is 3.54. The number of carbonyl (C=O) groups is 1. The monoisotopic (exact) mass is 294 g/mol. The van der Waals surface area contributed by atoms with Gasteiger partial charge in [0.1, 0.15) is 10.8 Å². The minimum absolute atomic E-state index is 0.0867. The molecule has 2 aromatic rings. The Bertz CT molecular complexity index is 596. The predicted molar refractivity (Wildman–Crippen MR) is 77.4 cm³/mol. The maximum absolute atomic E-state index is 12.1. The molecular weight excluding hydrogens is 280 g/mol. The van der Waals surface area contributed by atoms with E-state index < -0.39 is 0 Å². The smallest absolute Gasteiger partial charge is 0.174 e. The first-order valence-electron chi connectivity index (χ1n) is 5.71. The molecule has 0 unspecified atom stereocenters. The van der Waals surface area contributed by atoms with E-state index in [-0.39, 0.29) is 5.78 Å². The number of rotatable bonds is 5. The van der Waals surface area contributed by atoms with Crippen molar-refractivity contribution in [2.24, 2.45) is 0 Å². The van der Waals surface area contributed by atoms with E-state index in [4.69, 9.17) is 4.74 Å². The van der Waals surface area contributed by atoms with E-state index in [1.165, 1.54) is 23.1 Å². The van der Waals surface area contributed by atoms with Crippen molar-refractivity contribution < 1.29 is 9.53 Å². The van der Waals surface area contributed by atoms with E-state index in [1.54, 1.807) is 13.2 Å². The van der Waals surface area contributed by atoms with Crippen LogP contribution in [0.3, 0.4) is 0 Å². The summed E-state index contributed by atoms with van der Waals surface area (Å²) >= 11 is 2.93. The normalized spacial score (nSPS) is 10.5. The topological polar surface area (TPSA) is 52.1 Å². The summed E-state index contributed by atoms with van der Waals surface area (Å²) in [5.41, 5.74) is 1.66. The lowest BCUT2D eigenvalue weighted by Crippen LogP contribution is -2.03. The van der Waals surface area contributed by atoms with Gasteiger partial charge in [-0.3, -0.25) is 4.79 Å². The number of hydrogen-bond acceptors (Lipinski definition) is 6. The number of aromatic nitrogens is 2. The van der Waals surface area contributed by atoms with Gasteiger partial charge in [-0.1, -0.05) is 23.1 Å². The zero-order valence-electron chi connectivity index (χ0n) is 11.0. The molecule has 0 N–H and O–H groups in total. The van der Waals surface area contributed by atoms with Crippen molar-refractivity contribution in [3.05, 3.63) is 34.3 Å². The number of benzene rings is 1. The van der Waals surface area contributed by atoms with E-state index in [9.17, 15) is 4.79 Å². The van der Waals surface area contributed by atoms with Crippen LogP contribution in [-0.2, 0) is 0 Å². The summed E-state index contributed by atoms with van der Waals surface area (Å²) in [6, 6.07) is 5.47.